The number of methoxy groups -OCH3 is 6. The summed E-state index contributed by atoms with van der Waals surface area (Å²) < 4.78 is 33.3. The lowest BCUT2D eigenvalue weighted by atomic mass is 10.1. The largest absolute Gasteiger partial charge is 0.493 e. The molecule has 0 radical (unpaired) electrons. The fraction of sp³-hybridized carbons (Fsp3) is 0.269. The lowest BCUT2D eigenvalue weighted by Crippen LogP contribution is -2.30. The van der Waals surface area contributed by atoms with Gasteiger partial charge in [-0.25, -0.2) is 0 Å². The van der Waals surface area contributed by atoms with Crippen LogP contribution in [0.5, 0.6) is 34.5 Å². The van der Waals surface area contributed by atoms with E-state index in [1.807, 2.05) is 0 Å². The Hall–Kier alpha value is -4.47. The van der Waals surface area contributed by atoms with E-state index in [2.05, 4.69) is 4.99 Å². The summed E-state index contributed by atoms with van der Waals surface area (Å²) in [4.78, 5) is 31.0. The van der Waals surface area contributed by atoms with E-state index < -0.39 is 11.8 Å². The van der Waals surface area contributed by atoms with Crippen molar-refractivity contribution in [1.82, 2.24) is 4.57 Å². The van der Waals surface area contributed by atoms with Crippen molar-refractivity contribution in [3.63, 3.8) is 0 Å². The fourth-order valence-corrected chi connectivity index (χ4v) is 3.62. The number of benzene rings is 2. The van der Waals surface area contributed by atoms with Crippen LogP contribution < -0.4 is 33.9 Å². The zero-order valence-electron chi connectivity index (χ0n) is 21.2. The molecule has 0 unspecified atom stereocenters. The summed E-state index contributed by atoms with van der Waals surface area (Å²) in [6.45, 7) is 1.75. The van der Waals surface area contributed by atoms with Crippen LogP contribution in [0.1, 0.15) is 26.3 Å². The van der Waals surface area contributed by atoms with Crippen molar-refractivity contribution < 1.29 is 38.0 Å². The fourth-order valence-electron chi connectivity index (χ4n) is 3.62. The van der Waals surface area contributed by atoms with Gasteiger partial charge in [0.2, 0.25) is 11.5 Å². The van der Waals surface area contributed by atoms with Gasteiger partial charge < -0.3 is 28.4 Å². The first-order chi connectivity index (χ1) is 17.3. The molecule has 3 rings (SSSR count). The van der Waals surface area contributed by atoms with Gasteiger partial charge >= 0.3 is 0 Å². The van der Waals surface area contributed by atoms with Gasteiger partial charge in [0.25, 0.3) is 11.8 Å². The molecular formula is C26H28N2O8. The van der Waals surface area contributed by atoms with Crippen LogP contribution in [0.25, 0.3) is 0 Å². The van der Waals surface area contributed by atoms with Gasteiger partial charge in [0.05, 0.1) is 42.7 Å². The summed E-state index contributed by atoms with van der Waals surface area (Å²) in [5.41, 5.74) is 1.21. The first-order valence-corrected chi connectivity index (χ1v) is 10.7. The molecule has 10 nitrogen and oxygen atoms in total. The maximum Gasteiger partial charge on any atom is 0.279 e. The summed E-state index contributed by atoms with van der Waals surface area (Å²) in [6.07, 6.45) is 1.53. The molecule has 10 heteroatoms. The van der Waals surface area contributed by atoms with Crippen LogP contribution >= 0.6 is 0 Å². The molecule has 3 aromatic rings. The van der Waals surface area contributed by atoms with Gasteiger partial charge in [0.1, 0.15) is 5.49 Å². The molecule has 0 aliphatic heterocycles. The van der Waals surface area contributed by atoms with Gasteiger partial charge in [-0.2, -0.15) is 4.99 Å². The second-order valence-corrected chi connectivity index (χ2v) is 7.43. The lowest BCUT2D eigenvalue weighted by molar-refractivity contribution is 0.0952. The third kappa shape index (κ3) is 4.97. The maximum absolute atomic E-state index is 13.5. The van der Waals surface area contributed by atoms with E-state index in [1.165, 1.54) is 77.7 Å². The number of hydrogen-bond acceptors (Lipinski definition) is 8. The number of amides is 1. The number of nitrogens with zero attached hydrogens (tertiary/aromatic N) is 2. The van der Waals surface area contributed by atoms with Crippen molar-refractivity contribution in [1.29, 1.82) is 0 Å². The molecule has 0 N–H and O–H groups in total. The van der Waals surface area contributed by atoms with Crippen molar-refractivity contribution in [3.05, 3.63) is 64.8 Å². The van der Waals surface area contributed by atoms with E-state index in [0.29, 0.717) is 40.1 Å². The highest BCUT2D eigenvalue weighted by molar-refractivity contribution is 5.98. The highest BCUT2D eigenvalue weighted by Gasteiger charge is 2.20. The van der Waals surface area contributed by atoms with Crippen LogP contribution in [-0.4, -0.2) is 59.0 Å². The number of ether oxygens (including phenoxy) is 6. The van der Waals surface area contributed by atoms with E-state index in [1.54, 1.807) is 19.1 Å². The number of aromatic nitrogens is 1. The van der Waals surface area contributed by atoms with Crippen molar-refractivity contribution >= 4 is 11.8 Å². The Morgan fingerprint density at radius 1 is 0.694 bits per heavy atom. The standard InChI is InChI=1S/C26H28N2O8/c1-15-9-8-10-28(26(30)17-13-20(33-4)23(36-7)21(14-17)34-5)24(15)27-25(29)16-11-18(31-2)22(35-6)19(12-16)32-3/h8-14H,1-7H3. The van der Waals surface area contributed by atoms with Crippen molar-refractivity contribution in [2.45, 2.75) is 6.92 Å². The number of carbonyl (C=O) groups is 2. The van der Waals surface area contributed by atoms with Crippen LogP contribution in [0.15, 0.2) is 47.6 Å². The number of aryl methyl sites for hydroxylation is 1. The van der Waals surface area contributed by atoms with Gasteiger partial charge in [-0.15, -0.1) is 0 Å². The number of carbonyl (C=O) groups excluding carboxylic acids is 2. The van der Waals surface area contributed by atoms with Crippen LogP contribution in [0.4, 0.5) is 0 Å². The Balaban J connectivity index is 2.16. The molecule has 0 atom stereocenters. The molecule has 190 valence electrons. The molecule has 1 heterocycles. The van der Waals surface area contributed by atoms with Crippen LogP contribution in [-0.2, 0) is 0 Å². The Bertz CT molecular complexity index is 1310. The Morgan fingerprint density at radius 3 is 1.56 bits per heavy atom. The predicted octanol–water partition coefficient (Wildman–Crippen LogP) is 3.28. The molecule has 0 aliphatic rings. The zero-order chi connectivity index (χ0) is 26.4. The first kappa shape index (κ1) is 26.1. The quantitative estimate of drug-likeness (QED) is 0.468. The third-order valence-electron chi connectivity index (χ3n) is 5.41. The third-order valence-corrected chi connectivity index (χ3v) is 5.41. The molecule has 0 bridgehead atoms. The highest BCUT2D eigenvalue weighted by atomic mass is 16.5. The summed E-state index contributed by atoms with van der Waals surface area (Å²) in [7, 11) is 8.77. The smallest absolute Gasteiger partial charge is 0.279 e. The maximum atomic E-state index is 13.5. The zero-order valence-corrected chi connectivity index (χ0v) is 21.2. The Kier molecular flexibility index (Phi) is 8.21. The minimum Gasteiger partial charge on any atom is -0.493 e. The van der Waals surface area contributed by atoms with E-state index >= 15 is 0 Å². The molecule has 0 fully saturated rings. The van der Waals surface area contributed by atoms with Gasteiger partial charge in [-0.1, -0.05) is 6.07 Å². The molecule has 2 aromatic carbocycles. The van der Waals surface area contributed by atoms with Crippen molar-refractivity contribution in [2.75, 3.05) is 42.7 Å². The van der Waals surface area contributed by atoms with Crippen molar-refractivity contribution in [3.8, 4) is 34.5 Å². The number of hydrogen-bond donors (Lipinski definition) is 0. The summed E-state index contributed by atoms with van der Waals surface area (Å²) in [6, 6.07) is 9.50. The van der Waals surface area contributed by atoms with E-state index in [4.69, 9.17) is 28.4 Å². The minimum atomic E-state index is -0.602. The summed E-state index contributed by atoms with van der Waals surface area (Å²) in [5, 5.41) is 0. The SMILES string of the molecule is COc1cc(C(=O)N=c2c(C)cccn2C(=O)c2cc(OC)c(OC)c(OC)c2)cc(OC)c1OC. The second kappa shape index (κ2) is 11.3. The highest BCUT2D eigenvalue weighted by Crippen LogP contribution is 2.39. The van der Waals surface area contributed by atoms with Crippen LogP contribution in [0.3, 0.4) is 0 Å². The van der Waals surface area contributed by atoms with E-state index in [-0.39, 0.29) is 16.6 Å². The minimum absolute atomic E-state index is 0.162. The molecule has 36 heavy (non-hydrogen) atoms. The predicted molar refractivity (Wildman–Crippen MR) is 131 cm³/mol. The Labute approximate surface area is 208 Å². The Morgan fingerprint density at radius 2 is 1.14 bits per heavy atom. The van der Waals surface area contributed by atoms with Gasteiger partial charge in [-0.3, -0.25) is 14.2 Å². The van der Waals surface area contributed by atoms with Crippen molar-refractivity contribution in [2.24, 2.45) is 4.99 Å². The molecular weight excluding hydrogens is 468 g/mol. The van der Waals surface area contributed by atoms with E-state index in [9.17, 15) is 9.59 Å². The monoisotopic (exact) mass is 496 g/mol. The topological polar surface area (TPSA) is 107 Å². The number of pyridine rings is 1. The van der Waals surface area contributed by atoms with Gasteiger partial charge in [0, 0.05) is 17.3 Å². The molecule has 0 aliphatic carbocycles. The lowest BCUT2D eigenvalue weighted by Gasteiger charge is -2.15. The average molecular weight is 497 g/mol. The molecule has 1 amide bonds. The molecule has 0 spiro atoms. The van der Waals surface area contributed by atoms with Crippen LogP contribution in [0.2, 0.25) is 0 Å². The molecule has 0 saturated heterocycles. The van der Waals surface area contributed by atoms with Gasteiger partial charge in [0.15, 0.2) is 23.0 Å². The second-order valence-electron chi connectivity index (χ2n) is 7.43. The summed E-state index contributed by atoms with van der Waals surface area (Å²) in [5.74, 6) is 0.904. The molecule has 1 aromatic heterocycles. The first-order valence-electron chi connectivity index (χ1n) is 10.7. The molecule has 0 saturated carbocycles. The van der Waals surface area contributed by atoms with Crippen LogP contribution in [0, 0.1) is 6.92 Å². The van der Waals surface area contributed by atoms with Gasteiger partial charge in [-0.05, 0) is 42.8 Å². The van der Waals surface area contributed by atoms with E-state index in [0.717, 1.165) is 0 Å². The summed E-state index contributed by atoms with van der Waals surface area (Å²) >= 11 is 0. The average Bonchev–Trinajstić information content (AvgIpc) is 2.91. The normalized spacial score (nSPS) is 11.0. The number of rotatable bonds is 8.